The van der Waals surface area contributed by atoms with E-state index in [0.29, 0.717) is 15.7 Å². The van der Waals surface area contributed by atoms with E-state index in [1.54, 1.807) is 18.2 Å². The van der Waals surface area contributed by atoms with Crippen LogP contribution in [-0.2, 0) is 6.54 Å². The Balaban J connectivity index is 2.16. The maximum Gasteiger partial charge on any atom is 0.258 e. The van der Waals surface area contributed by atoms with Gasteiger partial charge in [-0.1, -0.05) is 48.3 Å². The number of anilines is 1. The topological polar surface area (TPSA) is 41.1 Å². The van der Waals surface area contributed by atoms with Crippen molar-refractivity contribution < 1.29 is 4.79 Å². The molecule has 3 nitrogen and oxygen atoms in total. The number of rotatable bonds is 5. The van der Waals surface area contributed by atoms with E-state index >= 15 is 0 Å². The van der Waals surface area contributed by atoms with Crippen LogP contribution in [0, 0.1) is 0 Å². The summed E-state index contributed by atoms with van der Waals surface area (Å²) in [5.41, 5.74) is 2.10. The molecule has 0 aliphatic rings. The summed E-state index contributed by atoms with van der Waals surface area (Å²) in [6, 6.07) is 12.6. The van der Waals surface area contributed by atoms with E-state index in [4.69, 9.17) is 23.2 Å². The number of carbonyl (C=O) groups excluding carboxylic acids is 1. The monoisotopic (exact) mass is 322 g/mol. The minimum Gasteiger partial charge on any atom is -0.322 e. The first-order chi connectivity index (χ1) is 10.1. The largest absolute Gasteiger partial charge is 0.322 e. The van der Waals surface area contributed by atoms with E-state index in [0.717, 1.165) is 18.7 Å². The fourth-order valence-corrected chi connectivity index (χ4v) is 2.51. The highest BCUT2D eigenvalue weighted by molar-refractivity contribution is 6.40. The molecule has 110 valence electrons. The van der Waals surface area contributed by atoms with Gasteiger partial charge >= 0.3 is 0 Å². The first-order valence-electron chi connectivity index (χ1n) is 6.67. The molecule has 0 fully saturated rings. The molecule has 2 aromatic carbocycles. The van der Waals surface area contributed by atoms with E-state index in [1.165, 1.54) is 0 Å². The van der Waals surface area contributed by atoms with Gasteiger partial charge in [-0.15, -0.1) is 0 Å². The molecule has 0 heterocycles. The standard InChI is InChI=1S/C16H16Cl2N2O/c1-2-19-10-11-5-3-6-12(9-11)20-16(21)15-13(17)7-4-8-14(15)18/h3-9,19H,2,10H2,1H3,(H,20,21). The van der Waals surface area contributed by atoms with Crippen molar-refractivity contribution in [3.63, 3.8) is 0 Å². The third-order valence-corrected chi connectivity index (χ3v) is 3.58. The SMILES string of the molecule is CCNCc1cccc(NC(=O)c2c(Cl)cccc2Cl)c1. The summed E-state index contributed by atoms with van der Waals surface area (Å²) in [6.07, 6.45) is 0. The molecule has 0 bridgehead atoms. The van der Waals surface area contributed by atoms with Gasteiger partial charge in [0.1, 0.15) is 0 Å². The smallest absolute Gasteiger partial charge is 0.258 e. The zero-order valence-corrected chi connectivity index (χ0v) is 13.1. The van der Waals surface area contributed by atoms with Crippen LogP contribution in [0.3, 0.4) is 0 Å². The first-order valence-corrected chi connectivity index (χ1v) is 7.42. The number of nitrogens with one attached hydrogen (secondary N) is 2. The molecule has 2 rings (SSSR count). The molecule has 1 amide bonds. The van der Waals surface area contributed by atoms with Crippen molar-refractivity contribution in [2.45, 2.75) is 13.5 Å². The maximum atomic E-state index is 12.3. The fourth-order valence-electron chi connectivity index (χ4n) is 1.94. The molecular weight excluding hydrogens is 307 g/mol. The Morgan fingerprint density at radius 1 is 1.10 bits per heavy atom. The minimum absolute atomic E-state index is 0.290. The lowest BCUT2D eigenvalue weighted by Gasteiger charge is -2.10. The molecular formula is C16H16Cl2N2O. The van der Waals surface area contributed by atoms with Gasteiger partial charge in [0, 0.05) is 12.2 Å². The third-order valence-electron chi connectivity index (χ3n) is 2.95. The second-order valence-electron chi connectivity index (χ2n) is 4.53. The predicted molar refractivity (Wildman–Crippen MR) is 88.2 cm³/mol. The summed E-state index contributed by atoms with van der Waals surface area (Å²) in [5, 5.41) is 6.73. The Hall–Kier alpha value is -1.55. The van der Waals surface area contributed by atoms with Crippen molar-refractivity contribution in [2.75, 3.05) is 11.9 Å². The number of halogens is 2. The maximum absolute atomic E-state index is 12.3. The van der Waals surface area contributed by atoms with E-state index in [-0.39, 0.29) is 11.5 Å². The Labute approximate surface area is 134 Å². The van der Waals surface area contributed by atoms with Crippen LogP contribution in [0.25, 0.3) is 0 Å². The highest BCUT2D eigenvalue weighted by Gasteiger charge is 2.14. The van der Waals surface area contributed by atoms with Gasteiger partial charge in [0.15, 0.2) is 0 Å². The Morgan fingerprint density at radius 2 is 1.76 bits per heavy atom. The van der Waals surface area contributed by atoms with Gasteiger partial charge in [-0.2, -0.15) is 0 Å². The van der Waals surface area contributed by atoms with Crippen molar-refractivity contribution >= 4 is 34.8 Å². The first kappa shape index (κ1) is 15.8. The molecule has 0 aliphatic carbocycles. The number of hydrogen-bond donors (Lipinski definition) is 2. The number of amides is 1. The normalized spacial score (nSPS) is 10.4. The molecule has 0 saturated carbocycles. The molecule has 5 heteroatoms. The highest BCUT2D eigenvalue weighted by atomic mass is 35.5. The lowest BCUT2D eigenvalue weighted by atomic mass is 10.1. The lowest BCUT2D eigenvalue weighted by molar-refractivity contribution is 0.102. The Kier molecular flexibility index (Phi) is 5.62. The van der Waals surface area contributed by atoms with Gasteiger partial charge in [-0.3, -0.25) is 4.79 Å². The predicted octanol–water partition coefficient (Wildman–Crippen LogP) is 4.36. The van der Waals surface area contributed by atoms with Crippen LogP contribution in [-0.4, -0.2) is 12.5 Å². The zero-order valence-electron chi connectivity index (χ0n) is 11.6. The van der Waals surface area contributed by atoms with Crippen LogP contribution < -0.4 is 10.6 Å². The second kappa shape index (κ2) is 7.46. The fraction of sp³-hybridized carbons (Fsp3) is 0.188. The van der Waals surface area contributed by atoms with Gasteiger partial charge in [-0.05, 0) is 36.4 Å². The van der Waals surface area contributed by atoms with E-state index < -0.39 is 0 Å². The van der Waals surface area contributed by atoms with Gasteiger partial charge in [0.2, 0.25) is 0 Å². The molecule has 21 heavy (non-hydrogen) atoms. The number of carbonyl (C=O) groups is 1. The minimum atomic E-state index is -0.314. The van der Waals surface area contributed by atoms with E-state index in [9.17, 15) is 4.79 Å². The summed E-state index contributed by atoms with van der Waals surface area (Å²) in [5.74, 6) is -0.314. The number of hydrogen-bond acceptors (Lipinski definition) is 2. The van der Waals surface area contributed by atoms with Crippen molar-refractivity contribution in [3.8, 4) is 0 Å². The average molecular weight is 323 g/mol. The van der Waals surface area contributed by atoms with Gasteiger partial charge < -0.3 is 10.6 Å². The van der Waals surface area contributed by atoms with E-state index in [1.807, 2.05) is 31.2 Å². The van der Waals surface area contributed by atoms with Gasteiger partial charge in [0.25, 0.3) is 5.91 Å². The molecule has 0 unspecified atom stereocenters. The molecule has 0 radical (unpaired) electrons. The summed E-state index contributed by atoms with van der Waals surface area (Å²) in [4.78, 5) is 12.3. The molecule has 2 N–H and O–H groups in total. The highest BCUT2D eigenvalue weighted by Crippen LogP contribution is 2.25. The van der Waals surface area contributed by atoms with Gasteiger partial charge in [0.05, 0.1) is 15.6 Å². The van der Waals surface area contributed by atoms with Crippen molar-refractivity contribution in [3.05, 3.63) is 63.6 Å². The van der Waals surface area contributed by atoms with Gasteiger partial charge in [-0.25, -0.2) is 0 Å². The molecule has 0 spiro atoms. The van der Waals surface area contributed by atoms with Crippen LogP contribution in [0.5, 0.6) is 0 Å². The van der Waals surface area contributed by atoms with Crippen LogP contribution >= 0.6 is 23.2 Å². The lowest BCUT2D eigenvalue weighted by Crippen LogP contribution is -2.14. The molecule has 0 atom stereocenters. The Bertz CT molecular complexity index is 624. The summed E-state index contributed by atoms with van der Waals surface area (Å²) in [6.45, 7) is 3.70. The number of benzene rings is 2. The zero-order chi connectivity index (χ0) is 15.2. The Morgan fingerprint density at radius 3 is 2.43 bits per heavy atom. The van der Waals surface area contributed by atoms with Crippen LogP contribution in [0.1, 0.15) is 22.8 Å². The van der Waals surface area contributed by atoms with Crippen LogP contribution in [0.15, 0.2) is 42.5 Å². The van der Waals surface area contributed by atoms with Crippen molar-refractivity contribution in [2.24, 2.45) is 0 Å². The summed E-state index contributed by atoms with van der Waals surface area (Å²) >= 11 is 12.1. The average Bonchev–Trinajstić information content (AvgIpc) is 2.45. The molecule has 0 aliphatic heterocycles. The van der Waals surface area contributed by atoms with Crippen molar-refractivity contribution in [1.82, 2.24) is 5.32 Å². The third kappa shape index (κ3) is 4.21. The quantitative estimate of drug-likeness (QED) is 0.858. The van der Waals surface area contributed by atoms with Crippen molar-refractivity contribution in [1.29, 1.82) is 0 Å². The van der Waals surface area contributed by atoms with E-state index in [2.05, 4.69) is 10.6 Å². The molecule has 2 aromatic rings. The second-order valence-corrected chi connectivity index (χ2v) is 5.35. The van der Waals surface area contributed by atoms with Crippen LogP contribution in [0.2, 0.25) is 10.0 Å². The molecule has 0 saturated heterocycles. The molecule has 0 aromatic heterocycles. The summed E-state index contributed by atoms with van der Waals surface area (Å²) < 4.78 is 0. The van der Waals surface area contributed by atoms with Crippen LogP contribution in [0.4, 0.5) is 5.69 Å². The summed E-state index contributed by atoms with van der Waals surface area (Å²) in [7, 11) is 0.